The van der Waals surface area contributed by atoms with E-state index in [1.165, 1.54) is 17.5 Å². The van der Waals surface area contributed by atoms with Crippen molar-refractivity contribution >= 4 is 5.69 Å². The van der Waals surface area contributed by atoms with Gasteiger partial charge in [-0.2, -0.15) is 0 Å². The monoisotopic (exact) mass is 283 g/mol. The summed E-state index contributed by atoms with van der Waals surface area (Å²) in [7, 11) is 0. The first kappa shape index (κ1) is 13.8. The molecule has 3 rings (SSSR count). The molecule has 0 bridgehead atoms. The Morgan fingerprint density at radius 1 is 1.05 bits per heavy atom. The Balaban J connectivity index is 1.69. The molecule has 0 fully saturated rings. The number of aryl methyl sites for hydroxylation is 1. The summed E-state index contributed by atoms with van der Waals surface area (Å²) in [5.41, 5.74) is 3.73. The van der Waals surface area contributed by atoms with Gasteiger partial charge in [0.15, 0.2) is 11.5 Å². The fraction of sp³-hybridized carbons (Fsp3) is 0.333. The highest BCUT2D eigenvalue weighted by molar-refractivity contribution is 5.56. The molecule has 0 aromatic heterocycles. The molecule has 3 nitrogen and oxygen atoms in total. The Kier molecular flexibility index (Phi) is 4.00. The van der Waals surface area contributed by atoms with Gasteiger partial charge in [0.1, 0.15) is 0 Å². The molecule has 0 radical (unpaired) electrons. The third kappa shape index (κ3) is 3.13. The average Bonchev–Trinajstić information content (AvgIpc) is 2.96. The van der Waals surface area contributed by atoms with E-state index in [4.69, 9.17) is 9.47 Å². The molecule has 1 atom stereocenters. The van der Waals surface area contributed by atoms with E-state index in [9.17, 15) is 0 Å². The number of hydrogen-bond acceptors (Lipinski definition) is 3. The van der Waals surface area contributed by atoms with Gasteiger partial charge in [-0.3, -0.25) is 0 Å². The lowest BCUT2D eigenvalue weighted by Gasteiger charge is -2.16. The van der Waals surface area contributed by atoms with Crippen LogP contribution in [0.1, 0.15) is 37.4 Å². The first-order valence-electron chi connectivity index (χ1n) is 7.51. The highest BCUT2D eigenvalue weighted by Gasteiger charge is 2.14. The van der Waals surface area contributed by atoms with E-state index >= 15 is 0 Å². The Hall–Kier alpha value is -2.16. The van der Waals surface area contributed by atoms with Crippen molar-refractivity contribution in [3.05, 3.63) is 53.6 Å². The van der Waals surface area contributed by atoms with Crippen molar-refractivity contribution in [2.24, 2.45) is 0 Å². The molecule has 1 N–H and O–H groups in total. The van der Waals surface area contributed by atoms with Gasteiger partial charge in [-0.05, 0) is 36.6 Å². The number of benzene rings is 2. The van der Waals surface area contributed by atoms with Gasteiger partial charge in [0.2, 0.25) is 6.79 Å². The van der Waals surface area contributed by atoms with Crippen LogP contribution in [0.3, 0.4) is 0 Å². The van der Waals surface area contributed by atoms with E-state index in [1.807, 2.05) is 18.2 Å². The maximum atomic E-state index is 5.41. The maximum Gasteiger partial charge on any atom is 0.231 e. The number of nitrogens with one attached hydrogen (secondary N) is 1. The molecule has 1 heterocycles. The molecule has 1 aliphatic heterocycles. The fourth-order valence-electron chi connectivity index (χ4n) is 2.58. The summed E-state index contributed by atoms with van der Waals surface area (Å²) in [4.78, 5) is 0. The summed E-state index contributed by atoms with van der Waals surface area (Å²) in [6, 6.07) is 15.1. The second kappa shape index (κ2) is 6.08. The summed E-state index contributed by atoms with van der Waals surface area (Å²) in [5.74, 6) is 1.63. The smallest absolute Gasteiger partial charge is 0.231 e. The van der Waals surface area contributed by atoms with Crippen LogP contribution in [0.5, 0.6) is 11.5 Å². The summed E-state index contributed by atoms with van der Waals surface area (Å²) in [6.45, 7) is 4.68. The summed E-state index contributed by atoms with van der Waals surface area (Å²) in [5, 5.41) is 3.50. The first-order valence-corrected chi connectivity index (χ1v) is 7.51. The molecule has 0 saturated carbocycles. The second-order valence-electron chi connectivity index (χ2n) is 5.43. The molecular weight excluding hydrogens is 262 g/mol. The lowest BCUT2D eigenvalue weighted by molar-refractivity contribution is 0.174. The molecule has 2 aromatic rings. The number of ether oxygens (including phenoxy) is 2. The highest BCUT2D eigenvalue weighted by Crippen LogP contribution is 2.35. The van der Waals surface area contributed by atoms with Gasteiger partial charge >= 0.3 is 0 Å². The standard InChI is InChI=1S/C18H21NO2/c1-3-4-14-5-7-15(8-6-14)13(2)19-16-9-10-17-18(11-16)21-12-20-17/h5-11,13,19H,3-4,12H2,1-2H3. The van der Waals surface area contributed by atoms with Gasteiger partial charge in [-0.1, -0.05) is 37.6 Å². The largest absolute Gasteiger partial charge is 0.454 e. The number of rotatable bonds is 5. The van der Waals surface area contributed by atoms with Crippen molar-refractivity contribution < 1.29 is 9.47 Å². The Bertz CT molecular complexity index is 607. The van der Waals surface area contributed by atoms with E-state index in [0.717, 1.165) is 23.6 Å². The van der Waals surface area contributed by atoms with Gasteiger partial charge in [-0.25, -0.2) is 0 Å². The first-order chi connectivity index (χ1) is 10.3. The molecule has 0 aliphatic carbocycles. The summed E-state index contributed by atoms with van der Waals surface area (Å²) < 4.78 is 10.7. The van der Waals surface area contributed by atoms with Crippen LogP contribution in [0.15, 0.2) is 42.5 Å². The topological polar surface area (TPSA) is 30.5 Å². The van der Waals surface area contributed by atoms with Crippen molar-refractivity contribution in [2.75, 3.05) is 12.1 Å². The fourth-order valence-corrected chi connectivity index (χ4v) is 2.58. The minimum atomic E-state index is 0.251. The SMILES string of the molecule is CCCc1ccc(C(C)Nc2ccc3c(c2)OCO3)cc1. The molecule has 3 heteroatoms. The minimum absolute atomic E-state index is 0.251. The molecular formula is C18H21NO2. The van der Waals surface area contributed by atoms with Crippen molar-refractivity contribution in [2.45, 2.75) is 32.7 Å². The Morgan fingerprint density at radius 3 is 2.57 bits per heavy atom. The number of fused-ring (bicyclic) bond motifs is 1. The van der Waals surface area contributed by atoms with Crippen LogP contribution in [-0.4, -0.2) is 6.79 Å². The van der Waals surface area contributed by atoms with Gasteiger partial charge in [0, 0.05) is 17.8 Å². The molecule has 1 aliphatic rings. The predicted octanol–water partition coefficient (Wildman–Crippen LogP) is 4.54. The van der Waals surface area contributed by atoms with Crippen LogP contribution in [0, 0.1) is 0 Å². The minimum Gasteiger partial charge on any atom is -0.454 e. The van der Waals surface area contributed by atoms with Gasteiger partial charge in [0.25, 0.3) is 0 Å². The third-order valence-corrected chi connectivity index (χ3v) is 3.77. The van der Waals surface area contributed by atoms with Gasteiger partial charge in [0.05, 0.1) is 0 Å². The summed E-state index contributed by atoms with van der Waals surface area (Å²) in [6.07, 6.45) is 2.33. The van der Waals surface area contributed by atoms with Crippen LogP contribution >= 0.6 is 0 Å². The lowest BCUT2D eigenvalue weighted by atomic mass is 10.0. The van der Waals surface area contributed by atoms with Crippen LogP contribution in [0.25, 0.3) is 0 Å². The third-order valence-electron chi connectivity index (χ3n) is 3.77. The highest BCUT2D eigenvalue weighted by atomic mass is 16.7. The second-order valence-corrected chi connectivity index (χ2v) is 5.43. The van der Waals surface area contributed by atoms with Gasteiger partial charge < -0.3 is 14.8 Å². The van der Waals surface area contributed by atoms with E-state index in [0.29, 0.717) is 6.79 Å². The quantitative estimate of drug-likeness (QED) is 0.873. The molecule has 2 aromatic carbocycles. The van der Waals surface area contributed by atoms with Crippen LogP contribution in [0.2, 0.25) is 0 Å². The van der Waals surface area contributed by atoms with Crippen LogP contribution < -0.4 is 14.8 Å². The maximum absolute atomic E-state index is 5.41. The average molecular weight is 283 g/mol. The molecule has 1 unspecified atom stereocenters. The number of anilines is 1. The molecule has 0 amide bonds. The van der Waals surface area contributed by atoms with Crippen molar-refractivity contribution in [1.29, 1.82) is 0 Å². The summed E-state index contributed by atoms with van der Waals surface area (Å²) >= 11 is 0. The zero-order chi connectivity index (χ0) is 14.7. The molecule has 110 valence electrons. The lowest BCUT2D eigenvalue weighted by Crippen LogP contribution is -2.06. The molecule has 0 saturated heterocycles. The molecule has 21 heavy (non-hydrogen) atoms. The van der Waals surface area contributed by atoms with Crippen LogP contribution in [-0.2, 0) is 6.42 Å². The van der Waals surface area contributed by atoms with E-state index < -0.39 is 0 Å². The number of hydrogen-bond donors (Lipinski definition) is 1. The van der Waals surface area contributed by atoms with E-state index in [-0.39, 0.29) is 6.04 Å². The molecule has 0 spiro atoms. The van der Waals surface area contributed by atoms with E-state index in [1.54, 1.807) is 0 Å². The van der Waals surface area contributed by atoms with Crippen LogP contribution in [0.4, 0.5) is 5.69 Å². The van der Waals surface area contributed by atoms with Crippen molar-refractivity contribution in [3.8, 4) is 11.5 Å². The Labute approximate surface area is 125 Å². The van der Waals surface area contributed by atoms with Crippen molar-refractivity contribution in [1.82, 2.24) is 0 Å². The van der Waals surface area contributed by atoms with E-state index in [2.05, 4.69) is 43.4 Å². The zero-order valence-corrected chi connectivity index (χ0v) is 12.6. The van der Waals surface area contributed by atoms with Gasteiger partial charge in [-0.15, -0.1) is 0 Å². The Morgan fingerprint density at radius 2 is 1.81 bits per heavy atom. The normalized spacial score (nSPS) is 14.0. The zero-order valence-electron chi connectivity index (χ0n) is 12.6. The predicted molar refractivity (Wildman–Crippen MR) is 85.0 cm³/mol. The van der Waals surface area contributed by atoms with Crippen molar-refractivity contribution in [3.63, 3.8) is 0 Å².